The Balaban J connectivity index is 1.68. The fourth-order valence-corrected chi connectivity index (χ4v) is 7.45. The van der Waals surface area contributed by atoms with Crippen molar-refractivity contribution in [2.24, 2.45) is 0 Å². The van der Waals surface area contributed by atoms with Crippen LogP contribution in [0.2, 0.25) is 0 Å². The van der Waals surface area contributed by atoms with E-state index in [-0.39, 0.29) is 32.7 Å². The van der Waals surface area contributed by atoms with Gasteiger partial charge in [0.15, 0.2) is 11.5 Å². The Labute approximate surface area is 240 Å². The summed E-state index contributed by atoms with van der Waals surface area (Å²) in [5, 5.41) is 2.64. The zero-order chi connectivity index (χ0) is 29.8. The second kappa shape index (κ2) is 12.4. The summed E-state index contributed by atoms with van der Waals surface area (Å²) < 4.78 is 72.2. The van der Waals surface area contributed by atoms with Crippen LogP contribution in [-0.4, -0.2) is 68.0 Å². The summed E-state index contributed by atoms with van der Waals surface area (Å²) in [7, 11) is -3.81. The zero-order valence-electron chi connectivity index (χ0n) is 23.3. The van der Waals surface area contributed by atoms with Crippen LogP contribution in [0, 0.1) is 6.92 Å². The first-order chi connectivity index (χ1) is 19.5. The number of ether oxygens (including phenoxy) is 3. The van der Waals surface area contributed by atoms with Crippen molar-refractivity contribution in [3.8, 4) is 17.2 Å². The Morgan fingerprint density at radius 2 is 1.39 bits per heavy atom. The third kappa shape index (κ3) is 6.42. The van der Waals surface area contributed by atoms with Gasteiger partial charge < -0.3 is 19.5 Å². The predicted molar refractivity (Wildman–Crippen MR) is 155 cm³/mol. The predicted octanol–water partition coefficient (Wildman–Crippen LogP) is 3.64. The lowest BCUT2D eigenvalue weighted by atomic mass is 10.2. The molecule has 1 aliphatic heterocycles. The largest absolute Gasteiger partial charge is 0.495 e. The maximum atomic E-state index is 13.9. The number of nitrogens with zero attached hydrogens (tertiary/aromatic N) is 2. The summed E-state index contributed by atoms with van der Waals surface area (Å²) in [5.41, 5.74) is 1.27. The number of nitrogens with one attached hydrogen (secondary N) is 1. The van der Waals surface area contributed by atoms with Crippen LogP contribution >= 0.6 is 0 Å². The van der Waals surface area contributed by atoms with Gasteiger partial charge >= 0.3 is 0 Å². The number of benzene rings is 3. The zero-order valence-corrected chi connectivity index (χ0v) is 24.9. The maximum absolute atomic E-state index is 13.9. The lowest BCUT2D eigenvalue weighted by Crippen LogP contribution is -2.38. The molecule has 1 amide bonds. The van der Waals surface area contributed by atoms with Crippen molar-refractivity contribution in [3.63, 3.8) is 0 Å². The van der Waals surface area contributed by atoms with Gasteiger partial charge in [0.05, 0.1) is 42.5 Å². The van der Waals surface area contributed by atoms with E-state index >= 15 is 0 Å². The molecule has 3 aromatic rings. The van der Waals surface area contributed by atoms with Crippen molar-refractivity contribution in [2.45, 2.75) is 29.6 Å². The summed E-state index contributed by atoms with van der Waals surface area (Å²) in [5.74, 6) is 0.0802. The molecule has 41 heavy (non-hydrogen) atoms. The number of rotatable bonds is 11. The van der Waals surface area contributed by atoms with Gasteiger partial charge in [0.25, 0.3) is 10.0 Å². The quantitative estimate of drug-likeness (QED) is 0.352. The minimum atomic E-state index is -4.27. The second-order valence-electron chi connectivity index (χ2n) is 9.39. The van der Waals surface area contributed by atoms with Gasteiger partial charge in [-0.3, -0.25) is 9.10 Å². The normalized spacial score (nSPS) is 14.0. The van der Waals surface area contributed by atoms with Crippen molar-refractivity contribution in [1.82, 2.24) is 4.31 Å². The molecule has 0 aromatic heterocycles. The Hall–Kier alpha value is -3.81. The highest BCUT2D eigenvalue weighted by molar-refractivity contribution is 7.92. The Morgan fingerprint density at radius 3 is 2.00 bits per heavy atom. The third-order valence-corrected chi connectivity index (χ3v) is 10.4. The van der Waals surface area contributed by atoms with Crippen LogP contribution in [0.1, 0.15) is 18.4 Å². The average Bonchev–Trinajstić information content (AvgIpc) is 3.52. The number of hydrogen-bond acceptors (Lipinski definition) is 8. The first-order valence-corrected chi connectivity index (χ1v) is 15.7. The monoisotopic (exact) mass is 603 g/mol. The van der Waals surface area contributed by atoms with Crippen LogP contribution in [0.4, 0.5) is 11.4 Å². The van der Waals surface area contributed by atoms with Crippen LogP contribution < -0.4 is 23.8 Å². The van der Waals surface area contributed by atoms with E-state index in [1.165, 1.54) is 62.0 Å². The molecule has 1 fully saturated rings. The molecule has 1 N–H and O–H groups in total. The number of aryl methyl sites for hydroxylation is 1. The molecule has 0 aliphatic carbocycles. The smallest absolute Gasteiger partial charge is 0.264 e. The first kappa shape index (κ1) is 30.2. The van der Waals surface area contributed by atoms with Crippen LogP contribution in [0.15, 0.2) is 70.5 Å². The molecule has 0 bridgehead atoms. The summed E-state index contributed by atoms with van der Waals surface area (Å²) in [4.78, 5) is 13.3. The fourth-order valence-electron chi connectivity index (χ4n) is 4.47. The molecular formula is C28H33N3O8S2. The van der Waals surface area contributed by atoms with Crippen LogP contribution in [0.5, 0.6) is 17.2 Å². The third-order valence-electron chi connectivity index (χ3n) is 6.70. The standard InChI is InChI=1S/C28H33N3O8S2/c1-20-7-9-21(10-8-20)31(41(35,36)23-12-14-26(38-3)27(18-23)39-4)19-28(32)29-24-17-22(11-13-25(24)37-2)40(33,34)30-15-5-6-16-30/h7-14,17-18H,5-6,15-16,19H2,1-4H3,(H,29,32). The highest BCUT2D eigenvalue weighted by Gasteiger charge is 2.30. The maximum Gasteiger partial charge on any atom is 0.264 e. The van der Waals surface area contributed by atoms with Crippen LogP contribution in [-0.2, 0) is 24.8 Å². The molecule has 0 spiro atoms. The second-order valence-corrected chi connectivity index (χ2v) is 13.2. The van der Waals surface area contributed by atoms with Gasteiger partial charge in [-0.05, 0) is 62.2 Å². The number of hydrogen-bond donors (Lipinski definition) is 1. The molecule has 0 saturated carbocycles. The van der Waals surface area contributed by atoms with Crippen molar-refractivity contribution < 1.29 is 35.8 Å². The number of sulfonamides is 2. The van der Waals surface area contributed by atoms with Gasteiger partial charge in [-0.2, -0.15) is 4.31 Å². The van der Waals surface area contributed by atoms with Crippen LogP contribution in [0.3, 0.4) is 0 Å². The van der Waals surface area contributed by atoms with E-state index in [0.717, 1.165) is 22.7 Å². The molecule has 4 rings (SSSR count). The van der Waals surface area contributed by atoms with Crippen molar-refractivity contribution in [2.75, 3.05) is 50.6 Å². The first-order valence-electron chi connectivity index (χ1n) is 12.8. The Morgan fingerprint density at radius 1 is 0.805 bits per heavy atom. The molecule has 0 atom stereocenters. The number of carbonyl (C=O) groups is 1. The lowest BCUT2D eigenvalue weighted by molar-refractivity contribution is -0.114. The highest BCUT2D eigenvalue weighted by Crippen LogP contribution is 2.33. The summed E-state index contributed by atoms with van der Waals surface area (Å²) in [6.45, 7) is 2.11. The lowest BCUT2D eigenvalue weighted by Gasteiger charge is -2.25. The molecular weight excluding hydrogens is 570 g/mol. The average molecular weight is 604 g/mol. The van der Waals surface area contributed by atoms with E-state index < -0.39 is 32.5 Å². The summed E-state index contributed by atoms with van der Waals surface area (Å²) in [6.07, 6.45) is 1.56. The molecule has 0 radical (unpaired) electrons. The minimum absolute atomic E-state index is 0.00356. The Bertz CT molecular complexity index is 1620. The molecule has 13 heteroatoms. The minimum Gasteiger partial charge on any atom is -0.495 e. The molecule has 3 aromatic carbocycles. The van der Waals surface area contributed by atoms with E-state index in [4.69, 9.17) is 14.2 Å². The molecule has 220 valence electrons. The highest BCUT2D eigenvalue weighted by atomic mass is 32.2. The van der Waals surface area contributed by atoms with Gasteiger partial charge in [0.1, 0.15) is 12.3 Å². The van der Waals surface area contributed by atoms with E-state index in [1.54, 1.807) is 24.3 Å². The topological polar surface area (TPSA) is 132 Å². The van der Waals surface area contributed by atoms with Crippen molar-refractivity contribution >= 4 is 37.3 Å². The number of carbonyl (C=O) groups excluding carboxylic acids is 1. The molecule has 1 heterocycles. The number of amides is 1. The van der Waals surface area contributed by atoms with E-state index in [1.807, 2.05) is 6.92 Å². The van der Waals surface area contributed by atoms with Gasteiger partial charge in [-0.25, -0.2) is 16.8 Å². The number of methoxy groups -OCH3 is 3. The molecule has 0 unspecified atom stereocenters. The molecule has 11 nitrogen and oxygen atoms in total. The van der Waals surface area contributed by atoms with Gasteiger partial charge in [-0.15, -0.1) is 0 Å². The Kier molecular flexibility index (Phi) is 9.10. The molecule has 1 saturated heterocycles. The van der Waals surface area contributed by atoms with E-state index in [2.05, 4.69) is 5.32 Å². The SMILES string of the molecule is COc1ccc(S(=O)(=O)N2CCCC2)cc1NC(=O)CN(c1ccc(C)cc1)S(=O)(=O)c1ccc(OC)c(OC)c1. The molecule has 1 aliphatic rings. The van der Waals surface area contributed by atoms with E-state index in [0.29, 0.717) is 18.8 Å². The van der Waals surface area contributed by atoms with Gasteiger partial charge in [-0.1, -0.05) is 17.7 Å². The van der Waals surface area contributed by atoms with Crippen molar-refractivity contribution in [3.05, 3.63) is 66.2 Å². The van der Waals surface area contributed by atoms with Crippen molar-refractivity contribution in [1.29, 1.82) is 0 Å². The van der Waals surface area contributed by atoms with Gasteiger partial charge in [0.2, 0.25) is 15.9 Å². The van der Waals surface area contributed by atoms with Gasteiger partial charge in [0, 0.05) is 19.2 Å². The summed E-state index contributed by atoms with van der Waals surface area (Å²) in [6, 6.07) is 15.0. The summed E-state index contributed by atoms with van der Waals surface area (Å²) >= 11 is 0. The number of anilines is 2. The van der Waals surface area contributed by atoms with Crippen LogP contribution in [0.25, 0.3) is 0 Å². The van der Waals surface area contributed by atoms with E-state index in [9.17, 15) is 21.6 Å². The fraction of sp³-hybridized carbons (Fsp3) is 0.321.